The van der Waals surface area contributed by atoms with Crippen molar-refractivity contribution in [3.05, 3.63) is 35.4 Å². The number of nitrogens with zero attached hydrogens (tertiary/aromatic N) is 1. The molecule has 1 aliphatic rings. The van der Waals surface area contributed by atoms with Gasteiger partial charge in [-0.05, 0) is 24.0 Å². The van der Waals surface area contributed by atoms with Gasteiger partial charge in [-0.3, -0.25) is 9.59 Å². The lowest BCUT2D eigenvalue weighted by Gasteiger charge is -2.20. The van der Waals surface area contributed by atoms with Gasteiger partial charge in [0, 0.05) is 19.6 Å². The maximum Gasteiger partial charge on any atom is 0.323 e. The Morgan fingerprint density at radius 1 is 1.41 bits per heavy atom. The molecule has 0 heterocycles. The number of carbonyl (C=O) groups is 2. The van der Waals surface area contributed by atoms with Crippen molar-refractivity contribution in [3.63, 3.8) is 0 Å². The molecule has 1 aromatic carbocycles. The minimum Gasteiger partial charge on any atom is -0.480 e. The highest BCUT2D eigenvalue weighted by Gasteiger charge is 2.47. The zero-order valence-corrected chi connectivity index (χ0v) is 12.1. The molecule has 2 unspecified atom stereocenters. The van der Waals surface area contributed by atoms with E-state index in [9.17, 15) is 18.4 Å². The molecule has 1 aliphatic carbocycles. The normalized spacial score (nSPS) is 19.8. The molecule has 0 spiro atoms. The molecule has 22 heavy (non-hydrogen) atoms. The molecule has 120 valence electrons. The van der Waals surface area contributed by atoms with Gasteiger partial charge >= 0.3 is 5.97 Å². The third-order valence-corrected chi connectivity index (χ3v) is 3.69. The first-order chi connectivity index (χ1) is 10.5. The molecular weight excluding hydrogens is 296 g/mol. The zero-order chi connectivity index (χ0) is 16.3. The third kappa shape index (κ3) is 3.59. The highest BCUT2D eigenvalue weighted by Crippen LogP contribution is 2.49. The van der Waals surface area contributed by atoms with E-state index < -0.39 is 36.0 Å². The molecule has 1 amide bonds. The van der Waals surface area contributed by atoms with E-state index in [-0.39, 0.29) is 24.6 Å². The maximum absolute atomic E-state index is 13.7. The van der Waals surface area contributed by atoms with Crippen LogP contribution in [0.25, 0.3) is 0 Å². The van der Waals surface area contributed by atoms with Gasteiger partial charge in [0.15, 0.2) is 11.6 Å². The molecule has 1 fully saturated rings. The van der Waals surface area contributed by atoms with Gasteiger partial charge in [0.25, 0.3) is 0 Å². The molecule has 5 nitrogen and oxygen atoms in total. The van der Waals surface area contributed by atoms with Gasteiger partial charge in [-0.2, -0.15) is 0 Å². The Morgan fingerprint density at radius 3 is 2.77 bits per heavy atom. The number of amides is 1. The average Bonchev–Trinajstić information content (AvgIpc) is 3.25. The van der Waals surface area contributed by atoms with Gasteiger partial charge in [0.2, 0.25) is 5.91 Å². The van der Waals surface area contributed by atoms with Crippen LogP contribution in [-0.4, -0.2) is 48.7 Å². The van der Waals surface area contributed by atoms with Crippen LogP contribution in [0.4, 0.5) is 8.78 Å². The van der Waals surface area contributed by atoms with Crippen LogP contribution in [0, 0.1) is 17.6 Å². The predicted molar refractivity (Wildman–Crippen MR) is 73.3 cm³/mol. The van der Waals surface area contributed by atoms with Crippen LogP contribution in [0.1, 0.15) is 17.9 Å². The minimum atomic E-state index is -1.13. The van der Waals surface area contributed by atoms with Crippen molar-refractivity contribution < 1.29 is 28.2 Å². The number of hydrogen-bond donors (Lipinski definition) is 1. The van der Waals surface area contributed by atoms with Crippen molar-refractivity contribution in [1.29, 1.82) is 0 Å². The summed E-state index contributed by atoms with van der Waals surface area (Å²) < 4.78 is 31.8. The SMILES string of the molecule is COCCN(CC(=O)O)C(=O)C1CC1c1cccc(F)c1F. The highest BCUT2D eigenvalue weighted by molar-refractivity contribution is 5.86. The summed E-state index contributed by atoms with van der Waals surface area (Å²) in [7, 11) is 1.45. The van der Waals surface area contributed by atoms with Gasteiger partial charge in [0.05, 0.1) is 6.61 Å². The number of aliphatic carboxylic acids is 1. The van der Waals surface area contributed by atoms with E-state index in [4.69, 9.17) is 9.84 Å². The maximum atomic E-state index is 13.7. The Balaban J connectivity index is 2.07. The predicted octanol–water partition coefficient (Wildman–Crippen LogP) is 1.63. The molecule has 0 aliphatic heterocycles. The monoisotopic (exact) mass is 313 g/mol. The summed E-state index contributed by atoms with van der Waals surface area (Å²) >= 11 is 0. The molecule has 1 aromatic rings. The van der Waals surface area contributed by atoms with Crippen LogP contribution >= 0.6 is 0 Å². The van der Waals surface area contributed by atoms with Gasteiger partial charge < -0.3 is 14.7 Å². The first-order valence-corrected chi connectivity index (χ1v) is 6.89. The third-order valence-electron chi connectivity index (χ3n) is 3.69. The highest BCUT2D eigenvalue weighted by atomic mass is 19.2. The van der Waals surface area contributed by atoms with Crippen LogP contribution in [0.3, 0.4) is 0 Å². The largest absolute Gasteiger partial charge is 0.480 e. The van der Waals surface area contributed by atoms with Crippen LogP contribution in [-0.2, 0) is 14.3 Å². The second-order valence-corrected chi connectivity index (χ2v) is 5.24. The quantitative estimate of drug-likeness (QED) is 0.831. The fourth-order valence-corrected chi connectivity index (χ4v) is 2.48. The van der Waals surface area contributed by atoms with Gasteiger partial charge in [-0.1, -0.05) is 12.1 Å². The van der Waals surface area contributed by atoms with Crippen LogP contribution < -0.4 is 0 Å². The average molecular weight is 313 g/mol. The molecule has 0 saturated heterocycles. The number of benzene rings is 1. The topological polar surface area (TPSA) is 66.8 Å². The summed E-state index contributed by atoms with van der Waals surface area (Å²) in [6.07, 6.45) is 0.391. The fraction of sp³-hybridized carbons (Fsp3) is 0.467. The summed E-state index contributed by atoms with van der Waals surface area (Å²) in [4.78, 5) is 24.3. The van der Waals surface area contributed by atoms with Crippen LogP contribution in [0.5, 0.6) is 0 Å². The van der Waals surface area contributed by atoms with E-state index >= 15 is 0 Å². The number of rotatable bonds is 7. The Labute approximate surface area is 126 Å². The van der Waals surface area contributed by atoms with Crippen LogP contribution in [0.2, 0.25) is 0 Å². The molecule has 0 aromatic heterocycles. The van der Waals surface area contributed by atoms with Crippen molar-refractivity contribution in [2.45, 2.75) is 12.3 Å². The molecule has 1 N–H and O–H groups in total. The molecular formula is C15H17F2NO4. The van der Waals surface area contributed by atoms with Crippen molar-refractivity contribution >= 4 is 11.9 Å². The number of halogens is 2. The first kappa shape index (κ1) is 16.4. The Hall–Kier alpha value is -2.02. The van der Waals surface area contributed by atoms with Crippen molar-refractivity contribution in [2.24, 2.45) is 5.92 Å². The number of carbonyl (C=O) groups excluding carboxylic acids is 1. The first-order valence-electron chi connectivity index (χ1n) is 6.89. The van der Waals surface area contributed by atoms with E-state index in [2.05, 4.69) is 0 Å². The van der Waals surface area contributed by atoms with Gasteiger partial charge in [0.1, 0.15) is 6.54 Å². The lowest BCUT2D eigenvalue weighted by Crippen LogP contribution is -2.39. The number of carboxylic acids is 1. The van der Waals surface area contributed by atoms with Crippen molar-refractivity contribution in [2.75, 3.05) is 26.8 Å². The van der Waals surface area contributed by atoms with Gasteiger partial charge in [-0.15, -0.1) is 0 Å². The molecule has 1 saturated carbocycles. The molecule has 2 rings (SSSR count). The number of methoxy groups -OCH3 is 1. The van der Waals surface area contributed by atoms with E-state index in [1.54, 1.807) is 0 Å². The summed E-state index contributed by atoms with van der Waals surface area (Å²) in [5, 5.41) is 8.85. The van der Waals surface area contributed by atoms with E-state index in [0.29, 0.717) is 6.42 Å². The zero-order valence-electron chi connectivity index (χ0n) is 12.1. The summed E-state index contributed by atoms with van der Waals surface area (Å²) in [5.74, 6) is -4.29. The molecule has 0 bridgehead atoms. The number of ether oxygens (including phenoxy) is 1. The van der Waals surface area contributed by atoms with Crippen molar-refractivity contribution in [3.8, 4) is 0 Å². The van der Waals surface area contributed by atoms with Crippen LogP contribution in [0.15, 0.2) is 18.2 Å². The van der Waals surface area contributed by atoms with E-state index in [1.807, 2.05) is 0 Å². The van der Waals surface area contributed by atoms with Crippen molar-refractivity contribution in [1.82, 2.24) is 4.90 Å². The number of hydrogen-bond acceptors (Lipinski definition) is 3. The lowest BCUT2D eigenvalue weighted by atomic mass is 10.1. The second kappa shape index (κ2) is 6.83. The number of carboxylic acid groups (broad SMARTS) is 1. The summed E-state index contributed by atoms with van der Waals surface area (Å²) in [5.41, 5.74) is 0.167. The molecule has 2 atom stereocenters. The Morgan fingerprint density at radius 2 is 2.14 bits per heavy atom. The Bertz CT molecular complexity index is 579. The smallest absolute Gasteiger partial charge is 0.323 e. The standard InChI is InChI=1S/C15H17F2NO4/c1-22-6-5-18(8-13(19)20)15(21)11-7-10(11)9-3-2-4-12(16)14(9)17/h2-4,10-11H,5-8H2,1H3,(H,19,20). The fourth-order valence-electron chi connectivity index (χ4n) is 2.48. The molecule has 0 radical (unpaired) electrons. The minimum absolute atomic E-state index is 0.149. The lowest BCUT2D eigenvalue weighted by molar-refractivity contribution is -0.145. The second-order valence-electron chi connectivity index (χ2n) is 5.24. The summed E-state index contributed by atoms with van der Waals surface area (Å²) in [6, 6.07) is 3.87. The summed E-state index contributed by atoms with van der Waals surface area (Å²) in [6.45, 7) is -0.0712. The van der Waals surface area contributed by atoms with E-state index in [1.165, 1.54) is 24.1 Å². The van der Waals surface area contributed by atoms with E-state index in [0.717, 1.165) is 6.07 Å². The molecule has 7 heteroatoms. The Kier molecular flexibility index (Phi) is 5.07. The van der Waals surface area contributed by atoms with Gasteiger partial charge in [-0.25, -0.2) is 8.78 Å².